The Bertz CT molecular complexity index is 1140. The zero-order chi connectivity index (χ0) is 24.1. The molecule has 1 atom stereocenters. The molecule has 1 aromatic heterocycles. The first-order chi connectivity index (χ1) is 16.4. The Balaban J connectivity index is 1.31. The van der Waals surface area contributed by atoms with Crippen molar-refractivity contribution < 1.29 is 19.4 Å². The van der Waals surface area contributed by atoms with Gasteiger partial charge in [-0.15, -0.1) is 0 Å². The van der Waals surface area contributed by atoms with Crippen molar-refractivity contribution in [2.45, 2.75) is 38.2 Å². The summed E-state index contributed by atoms with van der Waals surface area (Å²) in [4.78, 5) is 24.2. The number of rotatable bonds is 9. The van der Waals surface area contributed by atoms with E-state index in [-0.39, 0.29) is 11.9 Å². The highest BCUT2D eigenvalue weighted by Crippen LogP contribution is 2.19. The molecule has 34 heavy (non-hydrogen) atoms. The summed E-state index contributed by atoms with van der Waals surface area (Å²) in [6, 6.07) is 13.4. The quantitative estimate of drug-likeness (QED) is 0.490. The van der Waals surface area contributed by atoms with Gasteiger partial charge in [0.25, 0.3) is 0 Å². The number of hydrogen-bond donors (Lipinski definition) is 1. The van der Waals surface area contributed by atoms with Gasteiger partial charge >= 0.3 is 5.97 Å². The molecule has 1 aliphatic heterocycles. The van der Waals surface area contributed by atoms with E-state index in [2.05, 4.69) is 16.2 Å². The molecule has 180 valence electrons. The van der Waals surface area contributed by atoms with E-state index in [4.69, 9.17) is 4.74 Å². The molecule has 4 rings (SSSR count). The van der Waals surface area contributed by atoms with Crippen molar-refractivity contribution in [2.75, 3.05) is 26.7 Å². The fourth-order valence-electron chi connectivity index (χ4n) is 4.49. The number of ether oxygens (including phenoxy) is 1. The van der Waals surface area contributed by atoms with Crippen LogP contribution in [0.5, 0.6) is 0 Å². The number of carbonyl (C=O) groups excluding carboxylic acids is 2. The number of aliphatic hydroxyl groups excluding tert-OH is 1. The lowest BCUT2D eigenvalue weighted by atomic mass is 10.0. The van der Waals surface area contributed by atoms with Crippen LogP contribution >= 0.6 is 0 Å². The van der Waals surface area contributed by atoms with Crippen LogP contribution in [0, 0.1) is 0 Å². The Kier molecular flexibility index (Phi) is 7.59. The molecule has 1 saturated heterocycles. The fourth-order valence-corrected chi connectivity index (χ4v) is 4.49. The summed E-state index contributed by atoms with van der Waals surface area (Å²) >= 11 is 0. The van der Waals surface area contributed by atoms with Gasteiger partial charge in [0.2, 0.25) is 5.91 Å². The average Bonchev–Trinajstić information content (AvgIpc) is 3.21. The first-order valence-corrected chi connectivity index (χ1v) is 11.8. The number of benzene rings is 2. The lowest BCUT2D eigenvalue weighted by Gasteiger charge is -2.39. The molecule has 1 aliphatic rings. The van der Waals surface area contributed by atoms with Crippen molar-refractivity contribution in [3.05, 3.63) is 65.4 Å². The molecule has 1 N–H and O–H groups in total. The predicted molar refractivity (Wildman–Crippen MR) is 129 cm³/mol. The van der Waals surface area contributed by atoms with Crippen molar-refractivity contribution in [3.8, 4) is 0 Å². The zero-order valence-electron chi connectivity index (χ0n) is 19.8. The van der Waals surface area contributed by atoms with E-state index in [1.54, 1.807) is 12.1 Å². The lowest BCUT2D eigenvalue weighted by molar-refractivity contribution is -0.156. The number of carbonyl (C=O) groups is 2. The number of aromatic nitrogens is 2. The minimum absolute atomic E-state index is 0.119. The second-order valence-corrected chi connectivity index (χ2v) is 8.82. The van der Waals surface area contributed by atoms with Crippen LogP contribution in [0.25, 0.3) is 10.9 Å². The molecule has 1 unspecified atom stereocenters. The van der Waals surface area contributed by atoms with E-state index >= 15 is 0 Å². The SMILES string of the molecule is COC(=O)c1ccc(CCN2C(=O)CCCN2CCC(O)Cc2ccc3c(cnn3C)c2)cc1. The molecule has 8 nitrogen and oxygen atoms in total. The molecule has 1 fully saturated rings. The third kappa shape index (κ3) is 5.63. The second-order valence-electron chi connectivity index (χ2n) is 8.82. The van der Waals surface area contributed by atoms with Crippen LogP contribution in [0.3, 0.4) is 0 Å². The molecule has 3 aromatic rings. The lowest BCUT2D eigenvalue weighted by Crippen LogP contribution is -2.52. The summed E-state index contributed by atoms with van der Waals surface area (Å²) in [6.45, 7) is 2.01. The van der Waals surface area contributed by atoms with E-state index in [0.29, 0.717) is 44.3 Å². The maximum atomic E-state index is 12.6. The normalized spacial score (nSPS) is 15.6. The fraction of sp³-hybridized carbons (Fsp3) is 0.423. The minimum Gasteiger partial charge on any atom is -0.465 e. The third-order valence-corrected chi connectivity index (χ3v) is 6.43. The number of aryl methyl sites for hydroxylation is 1. The number of hydrazine groups is 1. The Hall–Kier alpha value is -3.23. The highest BCUT2D eigenvalue weighted by atomic mass is 16.5. The summed E-state index contributed by atoms with van der Waals surface area (Å²) in [5.74, 6) is -0.239. The van der Waals surface area contributed by atoms with Crippen molar-refractivity contribution in [2.24, 2.45) is 7.05 Å². The predicted octanol–water partition coefficient (Wildman–Crippen LogP) is 2.74. The molecule has 0 saturated carbocycles. The molecule has 0 spiro atoms. The summed E-state index contributed by atoms with van der Waals surface area (Å²) in [6.07, 6.45) is 4.58. The van der Waals surface area contributed by atoms with Gasteiger partial charge in [0, 0.05) is 38.5 Å². The number of amides is 1. The maximum absolute atomic E-state index is 12.6. The van der Waals surface area contributed by atoms with Gasteiger partial charge in [-0.1, -0.05) is 18.2 Å². The average molecular weight is 465 g/mol. The molecular formula is C26H32N4O4. The highest BCUT2D eigenvalue weighted by molar-refractivity contribution is 5.89. The van der Waals surface area contributed by atoms with Gasteiger partial charge in [-0.25, -0.2) is 9.80 Å². The maximum Gasteiger partial charge on any atom is 0.337 e. The van der Waals surface area contributed by atoms with Gasteiger partial charge in [0.05, 0.1) is 30.5 Å². The largest absolute Gasteiger partial charge is 0.465 e. The van der Waals surface area contributed by atoms with Crippen LogP contribution in [-0.2, 0) is 29.4 Å². The third-order valence-electron chi connectivity index (χ3n) is 6.43. The van der Waals surface area contributed by atoms with Crippen LogP contribution in [0.2, 0.25) is 0 Å². The number of aliphatic hydroxyl groups is 1. The van der Waals surface area contributed by atoms with E-state index in [9.17, 15) is 14.7 Å². The van der Waals surface area contributed by atoms with Crippen LogP contribution in [-0.4, -0.2) is 69.6 Å². The van der Waals surface area contributed by atoms with E-state index < -0.39 is 6.10 Å². The Labute approximate surface area is 199 Å². The number of nitrogens with zero attached hydrogens (tertiary/aromatic N) is 4. The number of esters is 1. The Morgan fingerprint density at radius 1 is 1.15 bits per heavy atom. The van der Waals surface area contributed by atoms with E-state index in [1.807, 2.05) is 47.2 Å². The summed E-state index contributed by atoms with van der Waals surface area (Å²) < 4.78 is 6.58. The van der Waals surface area contributed by atoms with Gasteiger partial charge in [0.15, 0.2) is 0 Å². The zero-order valence-corrected chi connectivity index (χ0v) is 19.8. The van der Waals surface area contributed by atoms with Crippen molar-refractivity contribution in [1.29, 1.82) is 0 Å². The Morgan fingerprint density at radius 3 is 2.68 bits per heavy atom. The molecule has 0 aliphatic carbocycles. The van der Waals surface area contributed by atoms with Crippen molar-refractivity contribution in [1.82, 2.24) is 19.8 Å². The van der Waals surface area contributed by atoms with Gasteiger partial charge in [-0.05, 0) is 61.1 Å². The summed E-state index contributed by atoms with van der Waals surface area (Å²) in [5.41, 5.74) is 3.71. The first-order valence-electron chi connectivity index (χ1n) is 11.8. The molecule has 1 amide bonds. The van der Waals surface area contributed by atoms with Crippen molar-refractivity contribution in [3.63, 3.8) is 0 Å². The summed E-state index contributed by atoms with van der Waals surface area (Å²) in [7, 11) is 3.28. The molecule has 2 aromatic carbocycles. The molecule has 8 heteroatoms. The number of hydrogen-bond acceptors (Lipinski definition) is 6. The van der Waals surface area contributed by atoms with Crippen molar-refractivity contribution >= 4 is 22.8 Å². The number of methoxy groups -OCH3 is 1. The molecule has 2 heterocycles. The van der Waals surface area contributed by atoms with Crippen LogP contribution < -0.4 is 0 Å². The van der Waals surface area contributed by atoms with Gasteiger partial charge in [-0.3, -0.25) is 14.5 Å². The monoisotopic (exact) mass is 464 g/mol. The van der Waals surface area contributed by atoms with Crippen LogP contribution in [0.15, 0.2) is 48.7 Å². The highest BCUT2D eigenvalue weighted by Gasteiger charge is 2.26. The van der Waals surface area contributed by atoms with Crippen LogP contribution in [0.4, 0.5) is 0 Å². The smallest absolute Gasteiger partial charge is 0.337 e. The van der Waals surface area contributed by atoms with Crippen LogP contribution in [0.1, 0.15) is 40.7 Å². The molecule has 0 radical (unpaired) electrons. The standard InChI is InChI=1S/C26H32N4O4/c1-28-24-10-7-20(16-22(24)18-27-28)17-23(31)12-14-29-13-3-4-25(32)30(29)15-11-19-5-8-21(9-6-19)26(33)34-2/h5-10,16,18,23,31H,3-4,11-15,17H2,1-2H3. The summed E-state index contributed by atoms with van der Waals surface area (Å²) in [5, 5.41) is 19.9. The first kappa shape index (κ1) is 23.9. The number of fused-ring (bicyclic) bond motifs is 1. The van der Waals surface area contributed by atoms with Gasteiger partial charge in [-0.2, -0.15) is 5.10 Å². The van der Waals surface area contributed by atoms with Gasteiger partial charge < -0.3 is 9.84 Å². The van der Waals surface area contributed by atoms with E-state index in [1.165, 1.54) is 7.11 Å². The molecular weight excluding hydrogens is 432 g/mol. The Morgan fingerprint density at radius 2 is 1.91 bits per heavy atom. The topological polar surface area (TPSA) is 87.9 Å². The van der Waals surface area contributed by atoms with E-state index in [0.717, 1.165) is 35.0 Å². The van der Waals surface area contributed by atoms with Gasteiger partial charge in [0.1, 0.15) is 0 Å². The minimum atomic E-state index is -0.487. The second kappa shape index (κ2) is 10.8. The molecule has 0 bridgehead atoms.